The van der Waals surface area contributed by atoms with Crippen LogP contribution in [0.2, 0.25) is 0 Å². The third kappa shape index (κ3) is 4.63. The molecule has 1 heterocycles. The number of carbonyl (C=O) groups excluding carboxylic acids is 4. The Morgan fingerprint density at radius 1 is 0.619 bits per heavy atom. The van der Waals surface area contributed by atoms with Crippen LogP contribution < -0.4 is 9.47 Å². The van der Waals surface area contributed by atoms with Gasteiger partial charge in [-0.3, -0.25) is 19.2 Å². The lowest BCUT2D eigenvalue weighted by molar-refractivity contribution is -0.231. The van der Waals surface area contributed by atoms with Crippen LogP contribution in [0.25, 0.3) is 0 Å². The molecule has 6 saturated carbocycles. The van der Waals surface area contributed by atoms with Crippen LogP contribution in [-0.2, 0) is 19.8 Å². The summed E-state index contributed by atoms with van der Waals surface area (Å²) in [6.45, 7) is 26.9. The summed E-state index contributed by atoms with van der Waals surface area (Å²) in [4.78, 5) is 55.8. The van der Waals surface area contributed by atoms with Gasteiger partial charge in [0.15, 0.2) is 17.3 Å². The van der Waals surface area contributed by atoms with Gasteiger partial charge >= 0.3 is 5.79 Å². The summed E-state index contributed by atoms with van der Waals surface area (Å²) in [6.07, 6.45) is 18.5. The van der Waals surface area contributed by atoms with E-state index >= 15 is 0 Å². The highest BCUT2D eigenvalue weighted by Crippen LogP contribution is 2.77. The second kappa shape index (κ2) is 12.1. The van der Waals surface area contributed by atoms with E-state index in [4.69, 9.17) is 9.47 Å². The molecule has 6 fully saturated rings. The Morgan fingerprint density at radius 3 is 1.73 bits per heavy atom. The first-order valence-corrected chi connectivity index (χ1v) is 24.5. The third-order valence-electron chi connectivity index (χ3n) is 22.5. The quantitative estimate of drug-likeness (QED) is 0.277. The van der Waals surface area contributed by atoms with Crippen molar-refractivity contribution in [3.63, 3.8) is 0 Å². The maximum absolute atomic E-state index is 14.8. The van der Waals surface area contributed by atoms with Crippen LogP contribution >= 0.6 is 0 Å². The molecule has 0 amide bonds. The number of Topliss-reactive ketones (excluding diaryl/α,β-unsaturated/α-hetero) is 2. The van der Waals surface area contributed by atoms with Crippen molar-refractivity contribution in [2.45, 2.75) is 177 Å². The van der Waals surface area contributed by atoms with E-state index in [0.29, 0.717) is 58.9 Å². The van der Waals surface area contributed by atoms with Crippen LogP contribution in [0.5, 0.6) is 11.5 Å². The molecule has 0 spiro atoms. The first-order chi connectivity index (χ1) is 29.2. The minimum Gasteiger partial charge on any atom is -0.471 e. The predicted octanol–water partition coefficient (Wildman–Crippen LogP) is 11.4. The third-order valence-corrected chi connectivity index (χ3v) is 22.5. The van der Waals surface area contributed by atoms with Gasteiger partial charge in [-0.15, -0.1) is 0 Å². The molecule has 1 aromatic carbocycles. The molecular weight excluding hydrogens is 785 g/mol. The summed E-state index contributed by atoms with van der Waals surface area (Å²) in [5.74, 6) is -0.492. The van der Waals surface area contributed by atoms with Crippen molar-refractivity contribution in [2.75, 3.05) is 0 Å². The fraction of sp³-hybridized carbons (Fsp3) is 0.679. The maximum atomic E-state index is 14.8. The molecule has 0 saturated heterocycles. The molecule has 7 heteroatoms. The molecule has 0 radical (unpaired) electrons. The number of benzene rings is 1. The topological polar surface area (TPSA) is 107 Å². The summed E-state index contributed by atoms with van der Waals surface area (Å²) in [7, 11) is 0. The number of aliphatic hydroxyl groups is 1. The standard InChI is InChI=1S/C56H70O7/c1-30-23-41-47(4,28-37(30)58)15-19-51(8)40-14-13-33-34(49(40,6)17-21-52(41,51)9)26-44(60)56(61)55(33,12)63-46-32(3)45-35(25-39(46)62-56)50(7)18-22-53(10)42-24-31(2)38(59)29-48(42,5)16-20-54(53,11)43(50)27-36(45)57/h13-14,25-27,30-31,41-42,61H,15-24,28-29H2,1-12H3/t30-,31-,41-,42+,47+,48+,49+,50+,51-,52+,53+,54-,55+,56-/m1/s1. The van der Waals surface area contributed by atoms with Gasteiger partial charge in [0.2, 0.25) is 11.4 Å². The summed E-state index contributed by atoms with van der Waals surface area (Å²) >= 11 is 0. The van der Waals surface area contributed by atoms with Gasteiger partial charge in [-0.05, 0) is 157 Å². The number of carbonyl (C=O) groups is 4. The Labute approximate surface area is 375 Å². The monoisotopic (exact) mass is 855 g/mol. The second-order valence-electron chi connectivity index (χ2n) is 25.3. The Hall–Kier alpha value is -3.58. The molecule has 7 nitrogen and oxygen atoms in total. The van der Waals surface area contributed by atoms with E-state index in [9.17, 15) is 24.3 Å². The highest BCUT2D eigenvalue weighted by atomic mass is 16.7. The molecule has 336 valence electrons. The molecule has 0 unspecified atom stereocenters. The number of ketones is 4. The van der Waals surface area contributed by atoms with Crippen LogP contribution in [0.4, 0.5) is 0 Å². The molecule has 9 aliphatic carbocycles. The molecule has 11 rings (SSSR count). The lowest BCUT2D eigenvalue weighted by Crippen LogP contribution is -2.70. The Bertz CT molecular complexity index is 2540. The largest absolute Gasteiger partial charge is 0.471 e. The molecule has 1 aromatic rings. The zero-order valence-corrected chi connectivity index (χ0v) is 40.1. The first-order valence-electron chi connectivity index (χ1n) is 24.5. The van der Waals surface area contributed by atoms with Crippen LogP contribution in [0.15, 0.2) is 52.7 Å². The minimum absolute atomic E-state index is 0.0102. The van der Waals surface area contributed by atoms with Gasteiger partial charge in [-0.1, -0.05) is 87.0 Å². The lowest BCUT2D eigenvalue weighted by atomic mass is 9.35. The van der Waals surface area contributed by atoms with Gasteiger partial charge in [0.25, 0.3) is 0 Å². The highest BCUT2D eigenvalue weighted by Gasteiger charge is 2.72. The predicted molar refractivity (Wildman–Crippen MR) is 242 cm³/mol. The number of fused-ring (bicyclic) bond motifs is 17. The zero-order valence-electron chi connectivity index (χ0n) is 40.1. The average Bonchev–Trinajstić information content (AvgIpc) is 3.21. The molecule has 0 bridgehead atoms. The van der Waals surface area contributed by atoms with Gasteiger partial charge < -0.3 is 14.6 Å². The van der Waals surface area contributed by atoms with E-state index in [1.165, 1.54) is 11.1 Å². The Morgan fingerprint density at radius 2 is 1.16 bits per heavy atom. The highest BCUT2D eigenvalue weighted by molar-refractivity contribution is 6.10. The molecule has 10 aliphatic rings. The maximum Gasteiger partial charge on any atom is 0.317 e. The van der Waals surface area contributed by atoms with Crippen LogP contribution in [0.1, 0.15) is 175 Å². The van der Waals surface area contributed by atoms with E-state index in [0.717, 1.165) is 80.9 Å². The Balaban J connectivity index is 0.986. The lowest BCUT2D eigenvalue weighted by Gasteiger charge is -2.69. The molecular formula is C56H70O7. The number of allylic oxidation sites excluding steroid dienone is 5. The summed E-state index contributed by atoms with van der Waals surface area (Å²) in [5.41, 5.74) is 3.21. The van der Waals surface area contributed by atoms with Crippen LogP contribution in [0, 0.1) is 68.5 Å². The first kappa shape index (κ1) is 42.1. The van der Waals surface area contributed by atoms with Gasteiger partial charge in [0.1, 0.15) is 11.6 Å². The smallest absolute Gasteiger partial charge is 0.317 e. The van der Waals surface area contributed by atoms with Crippen molar-refractivity contribution in [2.24, 2.45) is 61.6 Å². The molecule has 14 atom stereocenters. The molecule has 1 N–H and O–H groups in total. The zero-order chi connectivity index (χ0) is 45.2. The van der Waals surface area contributed by atoms with Crippen molar-refractivity contribution in [1.29, 1.82) is 0 Å². The van der Waals surface area contributed by atoms with Crippen molar-refractivity contribution in [1.82, 2.24) is 0 Å². The number of hydrogen-bond donors (Lipinski definition) is 1. The van der Waals surface area contributed by atoms with Crippen molar-refractivity contribution < 1.29 is 33.8 Å². The number of hydrogen-bond acceptors (Lipinski definition) is 7. The van der Waals surface area contributed by atoms with Gasteiger partial charge in [-0.2, -0.15) is 0 Å². The van der Waals surface area contributed by atoms with Gasteiger partial charge in [0.05, 0.1) is 0 Å². The molecule has 63 heavy (non-hydrogen) atoms. The van der Waals surface area contributed by atoms with Crippen molar-refractivity contribution in [3.8, 4) is 11.5 Å². The number of rotatable bonds is 0. The average molecular weight is 855 g/mol. The fourth-order valence-corrected chi connectivity index (χ4v) is 17.9. The van der Waals surface area contributed by atoms with E-state index in [1.54, 1.807) is 13.0 Å². The Kier molecular flexibility index (Phi) is 8.05. The summed E-state index contributed by atoms with van der Waals surface area (Å²) in [5, 5.41) is 12.8. The number of ether oxygens (including phenoxy) is 2. The summed E-state index contributed by atoms with van der Waals surface area (Å²) in [6, 6.07) is 1.92. The van der Waals surface area contributed by atoms with Crippen LogP contribution in [0.3, 0.4) is 0 Å². The van der Waals surface area contributed by atoms with Crippen LogP contribution in [-0.4, -0.2) is 39.6 Å². The molecule has 0 aromatic heterocycles. The molecule has 1 aliphatic heterocycles. The van der Waals surface area contributed by atoms with E-state index in [2.05, 4.69) is 81.4 Å². The van der Waals surface area contributed by atoms with Gasteiger partial charge in [-0.25, -0.2) is 0 Å². The second-order valence-corrected chi connectivity index (χ2v) is 25.3. The summed E-state index contributed by atoms with van der Waals surface area (Å²) < 4.78 is 13.8. The SMILES string of the molecule is Cc1c2c(cc3c1C(=O)C=C1[C@@]3(C)CC[C@@]3(C)[C@H]4C[C@@H](C)C(=O)C[C@]4(C)CC[C@]13C)O[C@]1(O)C(=O)C=C3C(=CC=C4[C@@]3(C)CC[C@@]3(C)[C@@H]5C[C@@H](C)C(=O)C[C@]5(C)CC[C@]43C)[C@]1(C)O2. The normalized spacial score (nSPS) is 50.3. The van der Waals surface area contributed by atoms with E-state index < -0.39 is 28.0 Å². The van der Waals surface area contributed by atoms with E-state index in [-0.39, 0.29) is 50.1 Å². The van der Waals surface area contributed by atoms with Crippen molar-refractivity contribution in [3.05, 3.63) is 69.4 Å². The van der Waals surface area contributed by atoms with E-state index in [1.807, 2.05) is 19.1 Å². The fourth-order valence-electron chi connectivity index (χ4n) is 17.9. The van der Waals surface area contributed by atoms with Crippen molar-refractivity contribution >= 4 is 23.1 Å². The minimum atomic E-state index is -2.33. The van der Waals surface area contributed by atoms with Gasteiger partial charge in [0, 0.05) is 52.2 Å².